The van der Waals surface area contributed by atoms with E-state index in [0.717, 1.165) is 0 Å². The molecule has 0 aliphatic heterocycles. The van der Waals surface area contributed by atoms with Gasteiger partial charge in [0.15, 0.2) is 0 Å². The molecule has 0 aromatic heterocycles. The third-order valence-electron chi connectivity index (χ3n) is 12.2. The monoisotopic (exact) mass is 940 g/mol. The van der Waals surface area contributed by atoms with Gasteiger partial charge in [-0.15, -0.1) is 0 Å². The molecule has 11 atom stereocenters. The van der Waals surface area contributed by atoms with Gasteiger partial charge in [-0.3, -0.25) is 38.4 Å². The summed E-state index contributed by atoms with van der Waals surface area (Å²) < 4.78 is 0. The number of hydrogen-bond acceptors (Lipinski definition) is 13. The summed E-state index contributed by atoms with van der Waals surface area (Å²) in [5.41, 5.74) is 34.5. The molecule has 0 spiro atoms. The minimum atomic E-state index is -1.19. The highest BCUT2D eigenvalue weighted by Gasteiger charge is 2.35. The van der Waals surface area contributed by atoms with Crippen molar-refractivity contribution in [2.45, 2.75) is 193 Å². The Morgan fingerprint density at radius 3 is 1.02 bits per heavy atom. The first-order valence-corrected chi connectivity index (χ1v) is 24.3. The molecule has 21 heteroatoms. The van der Waals surface area contributed by atoms with E-state index in [2.05, 4.69) is 37.2 Å². The molecular formula is C45H89N13O8. The first-order valence-electron chi connectivity index (χ1n) is 24.3. The Hall–Kier alpha value is -4.44. The van der Waals surface area contributed by atoms with Crippen molar-refractivity contribution in [3.05, 3.63) is 0 Å². The third-order valence-corrected chi connectivity index (χ3v) is 12.2. The maximum Gasteiger partial charge on any atom is 0.243 e. The van der Waals surface area contributed by atoms with Gasteiger partial charge in [0.05, 0.1) is 6.04 Å². The molecule has 0 unspecified atom stereocenters. The molecule has 0 aromatic carbocycles. The van der Waals surface area contributed by atoms with Crippen LogP contribution in [0.25, 0.3) is 0 Å². The summed E-state index contributed by atoms with van der Waals surface area (Å²) in [6, 6.07) is -8.44. The Bertz CT molecular complexity index is 1490. The summed E-state index contributed by atoms with van der Waals surface area (Å²) in [4.78, 5) is 108. The van der Waals surface area contributed by atoms with Crippen molar-refractivity contribution in [3.63, 3.8) is 0 Å². The molecule has 0 fully saturated rings. The first-order chi connectivity index (χ1) is 31.3. The van der Waals surface area contributed by atoms with Crippen molar-refractivity contribution in [3.8, 4) is 0 Å². The van der Waals surface area contributed by atoms with Crippen molar-refractivity contribution in [2.24, 2.45) is 52.2 Å². The van der Waals surface area contributed by atoms with Crippen molar-refractivity contribution in [1.29, 1.82) is 0 Å². The lowest BCUT2D eigenvalue weighted by Gasteiger charge is -2.30. The van der Waals surface area contributed by atoms with Gasteiger partial charge in [-0.2, -0.15) is 0 Å². The standard InChI is InChI=1S/C45H89N13O8/c1-8-27(4)35(50)43(64)55-34(22-14-18-26-49)42(63)58-37(29(6)10-3)45(66)56-32(20-12-16-24-47)40(61)52-30(7)39(60)54-33(21-13-17-25-48)41(62)57-36(28(5)9-2)44(65)53-31(38(51)59)19-11-15-23-46/h27-37H,8-26,46-50H2,1-7H3,(H2,51,59)(H,52,61)(H,53,65)(H,54,60)(H,55,64)(H,56,66)(H,57,62)(H,58,63)/t27-,28-,29-,30-,31-,32-,33-,34-,35-,36-,37-/m0/s1. The smallest absolute Gasteiger partial charge is 0.243 e. The van der Waals surface area contributed by atoms with E-state index in [1.165, 1.54) is 6.92 Å². The Morgan fingerprint density at radius 1 is 0.379 bits per heavy atom. The molecule has 0 saturated heterocycles. The molecule has 66 heavy (non-hydrogen) atoms. The number of nitrogens with two attached hydrogens (primary N) is 6. The van der Waals surface area contributed by atoms with Crippen LogP contribution in [-0.4, -0.2) is 122 Å². The van der Waals surface area contributed by atoms with Gasteiger partial charge in [0, 0.05) is 0 Å². The molecule has 0 heterocycles. The minimum Gasteiger partial charge on any atom is -0.368 e. The fraction of sp³-hybridized carbons (Fsp3) is 0.822. The first kappa shape index (κ1) is 61.6. The largest absolute Gasteiger partial charge is 0.368 e. The number of carbonyl (C=O) groups is 8. The zero-order valence-electron chi connectivity index (χ0n) is 41.0. The summed E-state index contributed by atoms with van der Waals surface area (Å²) in [5.74, 6) is -5.96. The molecule has 21 nitrogen and oxygen atoms in total. The summed E-state index contributed by atoms with van der Waals surface area (Å²) in [6.45, 7) is 13.9. The van der Waals surface area contributed by atoms with Crippen LogP contribution in [0, 0.1) is 17.8 Å². The predicted molar refractivity (Wildman–Crippen MR) is 256 cm³/mol. The predicted octanol–water partition coefficient (Wildman–Crippen LogP) is -1.13. The topological polar surface area (TPSA) is 377 Å². The molecule has 0 aromatic rings. The van der Waals surface area contributed by atoms with Gasteiger partial charge in [0.2, 0.25) is 47.3 Å². The summed E-state index contributed by atoms with van der Waals surface area (Å²) in [7, 11) is 0. The average molecular weight is 940 g/mol. The second kappa shape index (κ2) is 34.8. The number of nitrogens with one attached hydrogen (secondary N) is 7. The maximum atomic E-state index is 14.0. The second-order valence-corrected chi connectivity index (χ2v) is 17.7. The van der Waals surface area contributed by atoms with Gasteiger partial charge in [0.25, 0.3) is 0 Å². The van der Waals surface area contributed by atoms with Crippen LogP contribution in [0.1, 0.15) is 145 Å². The van der Waals surface area contributed by atoms with E-state index in [-0.39, 0.29) is 37.5 Å². The average Bonchev–Trinajstić information content (AvgIpc) is 3.29. The van der Waals surface area contributed by atoms with Crippen LogP contribution < -0.4 is 71.6 Å². The fourth-order valence-electron chi connectivity index (χ4n) is 6.95. The molecule has 19 N–H and O–H groups in total. The summed E-state index contributed by atoms with van der Waals surface area (Å²) in [5, 5.41) is 19.1. The molecule has 382 valence electrons. The van der Waals surface area contributed by atoms with Crippen molar-refractivity contribution < 1.29 is 38.4 Å². The van der Waals surface area contributed by atoms with E-state index in [0.29, 0.717) is 96.8 Å². The van der Waals surface area contributed by atoms with E-state index < -0.39 is 102 Å². The highest BCUT2D eigenvalue weighted by molar-refractivity contribution is 5.97. The number of carbonyl (C=O) groups excluding carboxylic acids is 8. The highest BCUT2D eigenvalue weighted by Crippen LogP contribution is 2.14. The SMILES string of the molecule is CC[C@H](C)[C@H](N)C(=O)N[C@@H](CCCCN)C(=O)N[C@H](C(=O)N[C@@H](CCCCN)C(=O)N[C@@H](C)C(=O)N[C@@H](CCCCN)C(=O)N[C@H](C(=O)N[C@@H](CCCCN)C(N)=O)[C@@H](C)CC)[C@@H](C)CC. The van der Waals surface area contributed by atoms with E-state index in [1.54, 1.807) is 13.8 Å². The fourth-order valence-corrected chi connectivity index (χ4v) is 6.95. The molecule has 0 rings (SSSR count). The molecule has 0 bridgehead atoms. The van der Waals surface area contributed by atoms with E-state index in [9.17, 15) is 38.4 Å². The number of rotatable bonds is 37. The van der Waals surface area contributed by atoms with Gasteiger partial charge in [-0.25, -0.2) is 0 Å². The Balaban J connectivity index is 6.34. The molecule has 0 aliphatic rings. The van der Waals surface area contributed by atoms with Gasteiger partial charge >= 0.3 is 0 Å². The zero-order chi connectivity index (χ0) is 50.4. The summed E-state index contributed by atoms with van der Waals surface area (Å²) >= 11 is 0. The van der Waals surface area contributed by atoms with Gasteiger partial charge < -0.3 is 71.6 Å². The Labute approximate surface area is 393 Å². The van der Waals surface area contributed by atoms with Crippen molar-refractivity contribution >= 4 is 47.3 Å². The van der Waals surface area contributed by atoms with Crippen LogP contribution in [0.4, 0.5) is 0 Å². The van der Waals surface area contributed by atoms with Gasteiger partial charge in [0.1, 0.15) is 42.3 Å². The maximum absolute atomic E-state index is 14.0. The van der Waals surface area contributed by atoms with Crippen LogP contribution in [0.15, 0.2) is 0 Å². The highest BCUT2D eigenvalue weighted by atomic mass is 16.2. The normalized spacial score (nSPS) is 16.3. The second-order valence-electron chi connectivity index (χ2n) is 17.7. The number of hydrogen-bond donors (Lipinski definition) is 13. The van der Waals surface area contributed by atoms with Gasteiger partial charge in [-0.1, -0.05) is 60.8 Å². The molecule has 0 radical (unpaired) electrons. The van der Waals surface area contributed by atoms with Crippen LogP contribution in [0.2, 0.25) is 0 Å². The van der Waals surface area contributed by atoms with E-state index in [4.69, 9.17) is 34.4 Å². The van der Waals surface area contributed by atoms with Crippen molar-refractivity contribution in [1.82, 2.24) is 37.2 Å². The molecule has 8 amide bonds. The van der Waals surface area contributed by atoms with Crippen LogP contribution in [0.5, 0.6) is 0 Å². The number of unbranched alkanes of at least 4 members (excludes halogenated alkanes) is 4. The Kier molecular flexibility index (Phi) is 32.5. The third kappa shape index (κ3) is 23.3. The van der Waals surface area contributed by atoms with Crippen LogP contribution in [0.3, 0.4) is 0 Å². The lowest BCUT2D eigenvalue weighted by atomic mass is 9.96. The lowest BCUT2D eigenvalue weighted by molar-refractivity contribution is -0.136. The Morgan fingerprint density at radius 2 is 0.682 bits per heavy atom. The van der Waals surface area contributed by atoms with E-state index in [1.807, 2.05) is 27.7 Å². The molecular weight excluding hydrogens is 851 g/mol. The van der Waals surface area contributed by atoms with Crippen LogP contribution >= 0.6 is 0 Å². The molecule has 0 aliphatic carbocycles. The quantitative estimate of drug-likeness (QED) is 0.0328. The van der Waals surface area contributed by atoms with Crippen LogP contribution in [-0.2, 0) is 38.4 Å². The van der Waals surface area contributed by atoms with Gasteiger partial charge in [-0.05, 0) is 128 Å². The van der Waals surface area contributed by atoms with Crippen molar-refractivity contribution in [2.75, 3.05) is 26.2 Å². The summed E-state index contributed by atoms with van der Waals surface area (Å²) in [6.07, 6.45) is 6.81. The minimum absolute atomic E-state index is 0.135. The lowest BCUT2D eigenvalue weighted by Crippen LogP contribution is -2.61. The zero-order valence-corrected chi connectivity index (χ0v) is 41.0. The number of amides is 8. The molecule has 0 saturated carbocycles. The number of primary amides is 1. The van der Waals surface area contributed by atoms with E-state index >= 15 is 0 Å².